The summed E-state index contributed by atoms with van der Waals surface area (Å²) in [5.41, 5.74) is 6.35. The largest absolute Gasteiger partial charge is 0.394 e. The molecule has 17 heavy (non-hydrogen) atoms. The number of carbonyl (C=O) groups excluding carboxylic acids is 1. The van der Waals surface area contributed by atoms with Crippen molar-refractivity contribution in [2.45, 2.75) is 32.4 Å². The molecule has 0 aromatic heterocycles. The summed E-state index contributed by atoms with van der Waals surface area (Å²) in [6.07, 6.45) is 0.808. The van der Waals surface area contributed by atoms with E-state index >= 15 is 0 Å². The normalized spacial score (nSPS) is 14.3. The topological polar surface area (TPSA) is 75.3 Å². The Labute approximate surface area is 102 Å². The van der Waals surface area contributed by atoms with Crippen LogP contribution < -0.4 is 11.1 Å². The van der Waals surface area contributed by atoms with Gasteiger partial charge in [-0.15, -0.1) is 0 Å². The minimum Gasteiger partial charge on any atom is -0.394 e. The highest BCUT2D eigenvalue weighted by molar-refractivity contribution is 5.94. The number of benzene rings is 1. The first-order valence-electron chi connectivity index (χ1n) is 5.76. The smallest absolute Gasteiger partial charge is 0.249 e. The molecule has 0 fully saturated rings. The highest BCUT2D eigenvalue weighted by Gasteiger charge is 2.20. The lowest BCUT2D eigenvalue weighted by molar-refractivity contribution is 0.0999. The van der Waals surface area contributed by atoms with Gasteiger partial charge in [-0.25, -0.2) is 0 Å². The van der Waals surface area contributed by atoms with Gasteiger partial charge in [-0.2, -0.15) is 0 Å². The third kappa shape index (κ3) is 3.54. The molecule has 1 aromatic carbocycles. The molecule has 0 aliphatic rings. The maximum atomic E-state index is 11.2. The first-order valence-corrected chi connectivity index (χ1v) is 5.76. The highest BCUT2D eigenvalue weighted by Crippen LogP contribution is 2.12. The second kappa shape index (κ2) is 5.80. The third-order valence-corrected chi connectivity index (χ3v) is 3.12. The quantitative estimate of drug-likeness (QED) is 0.690. The second-order valence-corrected chi connectivity index (χ2v) is 4.45. The molecule has 4 N–H and O–H groups in total. The number of aliphatic hydroxyl groups excluding tert-OH is 1. The van der Waals surface area contributed by atoms with Crippen molar-refractivity contribution in [2.75, 3.05) is 6.61 Å². The number of nitrogens with one attached hydrogen (secondary N) is 1. The summed E-state index contributed by atoms with van der Waals surface area (Å²) in [6, 6.07) is 7.22. The van der Waals surface area contributed by atoms with Crippen LogP contribution in [0, 0.1) is 0 Å². The Hall–Kier alpha value is -1.39. The number of aliphatic hydroxyl groups is 1. The zero-order chi connectivity index (χ0) is 12.9. The van der Waals surface area contributed by atoms with E-state index in [4.69, 9.17) is 5.73 Å². The Kier molecular flexibility index (Phi) is 4.66. The number of hydrogen-bond donors (Lipinski definition) is 3. The number of nitrogens with two attached hydrogens (primary N) is 1. The van der Waals surface area contributed by atoms with Gasteiger partial charge in [-0.3, -0.25) is 4.79 Å². The van der Waals surface area contributed by atoms with Crippen molar-refractivity contribution >= 4 is 5.91 Å². The van der Waals surface area contributed by atoms with Gasteiger partial charge in [0, 0.05) is 17.6 Å². The van der Waals surface area contributed by atoms with Gasteiger partial charge in [0.15, 0.2) is 0 Å². The van der Waals surface area contributed by atoms with Gasteiger partial charge in [-0.05, 0) is 25.0 Å². The Morgan fingerprint density at radius 3 is 2.65 bits per heavy atom. The predicted molar refractivity (Wildman–Crippen MR) is 67.6 cm³/mol. The van der Waals surface area contributed by atoms with Crippen molar-refractivity contribution in [1.82, 2.24) is 5.32 Å². The van der Waals surface area contributed by atoms with Crippen molar-refractivity contribution < 1.29 is 9.90 Å². The second-order valence-electron chi connectivity index (χ2n) is 4.45. The molecule has 4 heteroatoms. The van der Waals surface area contributed by atoms with Crippen LogP contribution >= 0.6 is 0 Å². The molecule has 0 aliphatic carbocycles. The lowest BCUT2D eigenvalue weighted by Crippen LogP contribution is -2.44. The van der Waals surface area contributed by atoms with Crippen LogP contribution in [0.15, 0.2) is 24.3 Å². The molecule has 0 aliphatic heterocycles. The molecule has 1 atom stereocenters. The maximum absolute atomic E-state index is 11.2. The van der Waals surface area contributed by atoms with Crippen LogP contribution in [-0.2, 0) is 6.54 Å². The van der Waals surface area contributed by atoms with E-state index in [0.717, 1.165) is 12.0 Å². The summed E-state index contributed by atoms with van der Waals surface area (Å²) < 4.78 is 0. The molecule has 4 nitrogen and oxygen atoms in total. The highest BCUT2D eigenvalue weighted by atomic mass is 16.3. The van der Waals surface area contributed by atoms with Crippen molar-refractivity contribution in [1.29, 1.82) is 0 Å². The number of amides is 1. The lowest BCUT2D eigenvalue weighted by atomic mass is 9.99. The Morgan fingerprint density at radius 2 is 2.12 bits per heavy atom. The van der Waals surface area contributed by atoms with Gasteiger partial charge in [0.05, 0.1) is 6.61 Å². The summed E-state index contributed by atoms with van der Waals surface area (Å²) in [6.45, 7) is 4.52. The summed E-state index contributed by atoms with van der Waals surface area (Å²) >= 11 is 0. The van der Waals surface area contributed by atoms with Gasteiger partial charge in [-0.1, -0.05) is 25.1 Å². The lowest BCUT2D eigenvalue weighted by Gasteiger charge is -2.27. The number of carbonyl (C=O) groups is 1. The van der Waals surface area contributed by atoms with Gasteiger partial charge < -0.3 is 16.2 Å². The predicted octanol–water partition coefficient (Wildman–Crippen LogP) is 1.04. The summed E-state index contributed by atoms with van der Waals surface area (Å²) in [7, 11) is 0. The minimum absolute atomic E-state index is 0.0578. The maximum Gasteiger partial charge on any atom is 0.249 e. The number of hydrogen-bond acceptors (Lipinski definition) is 3. The molecule has 1 amide bonds. The monoisotopic (exact) mass is 236 g/mol. The van der Waals surface area contributed by atoms with Crippen LogP contribution in [0.1, 0.15) is 36.2 Å². The van der Waals surface area contributed by atoms with E-state index in [1.807, 2.05) is 26.0 Å². The van der Waals surface area contributed by atoms with Crippen molar-refractivity contribution in [3.8, 4) is 0 Å². The average Bonchev–Trinajstić information content (AvgIpc) is 2.36. The van der Waals surface area contributed by atoms with Crippen molar-refractivity contribution in [3.63, 3.8) is 0 Å². The molecule has 0 bridgehead atoms. The van der Waals surface area contributed by atoms with Crippen LogP contribution in [-0.4, -0.2) is 23.2 Å². The standard InChI is InChI=1S/C13H20N2O2/c1-3-13(2,9-16)15-8-10-6-4-5-7-11(10)12(14)17/h4-7,15-16H,3,8-9H2,1-2H3,(H2,14,17). The molecule has 94 valence electrons. The molecule has 1 unspecified atom stereocenters. The Balaban J connectivity index is 2.79. The molecule has 0 radical (unpaired) electrons. The van der Waals surface area contributed by atoms with E-state index in [9.17, 15) is 9.90 Å². The zero-order valence-electron chi connectivity index (χ0n) is 10.4. The van der Waals surface area contributed by atoms with E-state index in [-0.39, 0.29) is 12.1 Å². The van der Waals surface area contributed by atoms with E-state index in [2.05, 4.69) is 5.32 Å². The first kappa shape index (κ1) is 13.7. The molecule has 0 heterocycles. The van der Waals surface area contributed by atoms with Crippen LogP contribution in [0.5, 0.6) is 0 Å². The first-order chi connectivity index (χ1) is 8.02. The molecular formula is C13H20N2O2. The van der Waals surface area contributed by atoms with E-state index in [1.165, 1.54) is 0 Å². The van der Waals surface area contributed by atoms with Crippen molar-refractivity contribution in [3.05, 3.63) is 35.4 Å². The molecule has 0 spiro atoms. The van der Waals surface area contributed by atoms with Gasteiger partial charge in [0.1, 0.15) is 0 Å². The van der Waals surface area contributed by atoms with Gasteiger partial charge in [0.25, 0.3) is 0 Å². The van der Waals surface area contributed by atoms with E-state index in [0.29, 0.717) is 12.1 Å². The zero-order valence-corrected chi connectivity index (χ0v) is 10.4. The van der Waals surface area contributed by atoms with Crippen LogP contribution in [0.2, 0.25) is 0 Å². The fraction of sp³-hybridized carbons (Fsp3) is 0.462. The number of primary amides is 1. The summed E-state index contributed by atoms with van der Waals surface area (Å²) in [5.74, 6) is -0.426. The van der Waals surface area contributed by atoms with E-state index < -0.39 is 5.91 Å². The molecule has 1 aromatic rings. The van der Waals surface area contributed by atoms with Gasteiger partial charge in [0.2, 0.25) is 5.91 Å². The van der Waals surface area contributed by atoms with Gasteiger partial charge >= 0.3 is 0 Å². The molecule has 0 saturated carbocycles. The molecule has 1 rings (SSSR count). The SMILES string of the molecule is CCC(C)(CO)NCc1ccccc1C(N)=O. The Bertz CT molecular complexity index is 387. The fourth-order valence-electron chi connectivity index (χ4n) is 1.52. The fourth-order valence-corrected chi connectivity index (χ4v) is 1.52. The number of rotatable bonds is 6. The molecule has 0 saturated heterocycles. The van der Waals surface area contributed by atoms with Crippen molar-refractivity contribution in [2.24, 2.45) is 5.73 Å². The minimum atomic E-state index is -0.426. The van der Waals surface area contributed by atoms with Crippen LogP contribution in [0.25, 0.3) is 0 Å². The Morgan fingerprint density at radius 1 is 1.47 bits per heavy atom. The van der Waals surface area contributed by atoms with Crippen LogP contribution in [0.4, 0.5) is 0 Å². The summed E-state index contributed by atoms with van der Waals surface area (Å²) in [5, 5.41) is 12.5. The average molecular weight is 236 g/mol. The van der Waals surface area contributed by atoms with E-state index in [1.54, 1.807) is 12.1 Å². The third-order valence-electron chi connectivity index (χ3n) is 3.12. The molecular weight excluding hydrogens is 216 g/mol. The summed E-state index contributed by atoms with van der Waals surface area (Å²) in [4.78, 5) is 11.2. The van der Waals surface area contributed by atoms with Crippen LogP contribution in [0.3, 0.4) is 0 Å².